The summed E-state index contributed by atoms with van der Waals surface area (Å²) in [6.45, 7) is 8.73. The lowest BCUT2D eigenvalue weighted by Gasteiger charge is -2.06. The number of nitrogens with zero attached hydrogens (tertiary/aromatic N) is 2. The van der Waals surface area contributed by atoms with E-state index in [2.05, 4.69) is 33.8 Å². The van der Waals surface area contributed by atoms with Gasteiger partial charge < -0.3 is 10.3 Å². The quantitative estimate of drug-likeness (QED) is 0.826. The van der Waals surface area contributed by atoms with E-state index in [-0.39, 0.29) is 0 Å². The lowest BCUT2D eigenvalue weighted by atomic mass is 10.2. The molecule has 2 rings (SSSR count). The molecule has 0 aliphatic rings. The molecule has 0 fully saturated rings. The Morgan fingerprint density at radius 3 is 3.00 bits per heavy atom. The predicted molar refractivity (Wildman–Crippen MR) is 67.5 cm³/mol. The van der Waals surface area contributed by atoms with Crippen LogP contribution in [0.1, 0.15) is 24.7 Å². The molecule has 0 spiro atoms. The molecule has 0 saturated heterocycles. The van der Waals surface area contributed by atoms with Crippen molar-refractivity contribution in [3.63, 3.8) is 0 Å². The molecule has 2 aromatic heterocycles. The standard InChI is InChI=1S/C12H16N4/c1-4-6-13-11-10-9(5-2)7-14-12(10)16-8(3)15-11/h5,7H,2,4,6H2,1,3H3,(H2,13,14,15,16). The first-order valence-electron chi connectivity index (χ1n) is 5.48. The molecule has 0 bridgehead atoms. The third-order valence-corrected chi connectivity index (χ3v) is 2.44. The van der Waals surface area contributed by atoms with E-state index in [4.69, 9.17) is 0 Å². The molecule has 4 heteroatoms. The molecule has 0 aromatic carbocycles. The average molecular weight is 216 g/mol. The second-order valence-corrected chi connectivity index (χ2v) is 3.72. The number of hydrogen-bond donors (Lipinski definition) is 2. The van der Waals surface area contributed by atoms with Crippen molar-refractivity contribution in [1.82, 2.24) is 15.0 Å². The molecular weight excluding hydrogens is 200 g/mol. The van der Waals surface area contributed by atoms with Gasteiger partial charge in [-0.15, -0.1) is 0 Å². The fraction of sp³-hybridized carbons (Fsp3) is 0.333. The summed E-state index contributed by atoms with van der Waals surface area (Å²) in [4.78, 5) is 11.9. The van der Waals surface area contributed by atoms with Crippen LogP contribution < -0.4 is 5.32 Å². The van der Waals surface area contributed by atoms with E-state index in [1.165, 1.54) is 0 Å². The molecule has 84 valence electrons. The van der Waals surface area contributed by atoms with Crippen LogP contribution in [0.3, 0.4) is 0 Å². The van der Waals surface area contributed by atoms with E-state index < -0.39 is 0 Å². The first kappa shape index (κ1) is 10.7. The minimum Gasteiger partial charge on any atom is -0.369 e. The number of aromatic amines is 1. The molecule has 2 aromatic rings. The van der Waals surface area contributed by atoms with Crippen molar-refractivity contribution in [3.8, 4) is 0 Å². The van der Waals surface area contributed by atoms with Crippen molar-refractivity contribution >= 4 is 22.9 Å². The highest BCUT2D eigenvalue weighted by molar-refractivity contribution is 5.94. The van der Waals surface area contributed by atoms with Crippen molar-refractivity contribution < 1.29 is 0 Å². The van der Waals surface area contributed by atoms with Crippen LogP contribution in [-0.2, 0) is 0 Å². The van der Waals surface area contributed by atoms with Crippen molar-refractivity contribution in [2.45, 2.75) is 20.3 Å². The lowest BCUT2D eigenvalue weighted by molar-refractivity contribution is 0.962. The van der Waals surface area contributed by atoms with Crippen LogP contribution in [0.2, 0.25) is 0 Å². The Morgan fingerprint density at radius 1 is 1.50 bits per heavy atom. The van der Waals surface area contributed by atoms with Gasteiger partial charge in [-0.25, -0.2) is 9.97 Å². The van der Waals surface area contributed by atoms with Crippen LogP contribution in [0.5, 0.6) is 0 Å². The Morgan fingerprint density at radius 2 is 2.31 bits per heavy atom. The van der Waals surface area contributed by atoms with Crippen LogP contribution in [0.4, 0.5) is 5.82 Å². The number of rotatable bonds is 4. The van der Waals surface area contributed by atoms with Crippen molar-refractivity contribution in [2.24, 2.45) is 0 Å². The molecule has 0 aliphatic carbocycles. The Labute approximate surface area is 94.8 Å². The minimum atomic E-state index is 0.767. The molecule has 0 amide bonds. The van der Waals surface area contributed by atoms with Gasteiger partial charge in [-0.3, -0.25) is 0 Å². The highest BCUT2D eigenvalue weighted by Gasteiger charge is 2.09. The zero-order valence-electron chi connectivity index (χ0n) is 9.67. The molecule has 0 radical (unpaired) electrons. The van der Waals surface area contributed by atoms with Crippen LogP contribution in [0.25, 0.3) is 17.1 Å². The van der Waals surface area contributed by atoms with Gasteiger partial charge in [-0.1, -0.05) is 19.6 Å². The van der Waals surface area contributed by atoms with E-state index >= 15 is 0 Å². The van der Waals surface area contributed by atoms with Gasteiger partial charge in [0.15, 0.2) is 0 Å². The molecule has 0 saturated carbocycles. The van der Waals surface area contributed by atoms with Crippen LogP contribution in [0, 0.1) is 6.92 Å². The van der Waals surface area contributed by atoms with Crippen LogP contribution in [-0.4, -0.2) is 21.5 Å². The number of H-pyrrole nitrogens is 1. The summed E-state index contributed by atoms with van der Waals surface area (Å²) >= 11 is 0. The summed E-state index contributed by atoms with van der Waals surface area (Å²) in [5, 5.41) is 4.34. The zero-order chi connectivity index (χ0) is 11.5. The van der Waals surface area contributed by atoms with E-state index in [0.29, 0.717) is 0 Å². The topological polar surface area (TPSA) is 53.6 Å². The van der Waals surface area contributed by atoms with Crippen molar-refractivity contribution in [2.75, 3.05) is 11.9 Å². The number of nitrogens with one attached hydrogen (secondary N) is 2. The van der Waals surface area contributed by atoms with Gasteiger partial charge >= 0.3 is 0 Å². The first-order valence-corrected chi connectivity index (χ1v) is 5.48. The van der Waals surface area contributed by atoms with E-state index in [1.807, 2.05) is 19.2 Å². The van der Waals surface area contributed by atoms with Crippen molar-refractivity contribution in [1.29, 1.82) is 0 Å². The van der Waals surface area contributed by atoms with Crippen molar-refractivity contribution in [3.05, 3.63) is 24.2 Å². The Hall–Kier alpha value is -1.84. The number of aryl methyl sites for hydroxylation is 1. The lowest BCUT2D eigenvalue weighted by Crippen LogP contribution is -2.04. The highest BCUT2D eigenvalue weighted by Crippen LogP contribution is 2.24. The molecule has 4 nitrogen and oxygen atoms in total. The van der Waals surface area contributed by atoms with Gasteiger partial charge in [0.1, 0.15) is 17.3 Å². The summed E-state index contributed by atoms with van der Waals surface area (Å²) in [6, 6.07) is 0. The summed E-state index contributed by atoms with van der Waals surface area (Å²) in [6.07, 6.45) is 4.79. The smallest absolute Gasteiger partial charge is 0.143 e. The highest BCUT2D eigenvalue weighted by atomic mass is 15.0. The summed E-state index contributed by atoms with van der Waals surface area (Å²) in [5.41, 5.74) is 1.90. The molecular formula is C12H16N4. The average Bonchev–Trinajstić information content (AvgIpc) is 2.68. The molecule has 16 heavy (non-hydrogen) atoms. The Bertz CT molecular complexity index is 513. The van der Waals surface area contributed by atoms with E-state index in [1.54, 1.807) is 0 Å². The molecule has 0 unspecified atom stereocenters. The maximum Gasteiger partial charge on any atom is 0.143 e. The van der Waals surface area contributed by atoms with Gasteiger partial charge in [0.05, 0.1) is 5.39 Å². The Balaban J connectivity index is 2.58. The number of aromatic nitrogens is 3. The normalized spacial score (nSPS) is 10.6. The van der Waals surface area contributed by atoms with Gasteiger partial charge in [0, 0.05) is 18.3 Å². The molecule has 2 N–H and O–H groups in total. The summed E-state index contributed by atoms with van der Waals surface area (Å²) < 4.78 is 0. The number of fused-ring (bicyclic) bond motifs is 1. The summed E-state index contributed by atoms with van der Waals surface area (Å²) in [5.74, 6) is 1.66. The van der Waals surface area contributed by atoms with Gasteiger partial charge in [-0.2, -0.15) is 0 Å². The fourth-order valence-electron chi connectivity index (χ4n) is 1.70. The molecule has 0 atom stereocenters. The second kappa shape index (κ2) is 4.35. The van der Waals surface area contributed by atoms with Gasteiger partial charge in [0.2, 0.25) is 0 Å². The summed E-state index contributed by atoms with van der Waals surface area (Å²) in [7, 11) is 0. The third-order valence-electron chi connectivity index (χ3n) is 2.44. The largest absolute Gasteiger partial charge is 0.369 e. The number of anilines is 1. The van der Waals surface area contributed by atoms with Crippen LogP contribution in [0.15, 0.2) is 12.8 Å². The molecule has 0 aliphatic heterocycles. The predicted octanol–water partition coefficient (Wildman–Crippen LogP) is 2.73. The van der Waals surface area contributed by atoms with Gasteiger partial charge in [-0.05, 0) is 13.3 Å². The fourth-order valence-corrected chi connectivity index (χ4v) is 1.70. The van der Waals surface area contributed by atoms with Crippen LogP contribution >= 0.6 is 0 Å². The van der Waals surface area contributed by atoms with E-state index in [0.717, 1.165) is 41.2 Å². The first-order chi connectivity index (χ1) is 7.76. The van der Waals surface area contributed by atoms with E-state index in [9.17, 15) is 0 Å². The maximum atomic E-state index is 4.43. The van der Waals surface area contributed by atoms with Gasteiger partial charge in [0.25, 0.3) is 0 Å². The third kappa shape index (κ3) is 1.78. The Kier molecular flexibility index (Phi) is 2.90. The molecule has 2 heterocycles. The zero-order valence-corrected chi connectivity index (χ0v) is 9.67. The maximum absolute atomic E-state index is 4.43. The monoisotopic (exact) mass is 216 g/mol. The SMILES string of the molecule is C=Cc1c[nH]c2nc(C)nc(NCCC)c12. The minimum absolute atomic E-state index is 0.767. The number of hydrogen-bond acceptors (Lipinski definition) is 3. The second-order valence-electron chi connectivity index (χ2n) is 3.72.